The molecule has 0 aliphatic heterocycles. The maximum atomic E-state index is 7.00. The van der Waals surface area contributed by atoms with E-state index in [4.69, 9.17) is 15.3 Å². The molecule has 4 atom stereocenters. The van der Waals surface area contributed by atoms with Gasteiger partial charge in [0, 0.05) is 47.5 Å². The Hall–Kier alpha value is 0.243. The van der Waals surface area contributed by atoms with Gasteiger partial charge in [0.1, 0.15) is 0 Å². The summed E-state index contributed by atoms with van der Waals surface area (Å²) in [6, 6.07) is 0. The third kappa shape index (κ3) is 5.93. The first-order valence-electron chi connectivity index (χ1n) is 6.99. The van der Waals surface area contributed by atoms with E-state index >= 15 is 0 Å². The van der Waals surface area contributed by atoms with Crippen LogP contribution in [0.25, 0.3) is 0 Å². The zero-order chi connectivity index (χ0) is 14.7. The van der Waals surface area contributed by atoms with Crippen molar-refractivity contribution < 1.29 is 41.5 Å². The van der Waals surface area contributed by atoms with Gasteiger partial charge in [0.25, 0.3) is 0 Å². The van der Waals surface area contributed by atoms with Crippen LogP contribution in [0.15, 0.2) is 24.3 Å². The molecule has 116 valence electrons. The molecule has 0 aromatic carbocycles. The van der Waals surface area contributed by atoms with Crippen molar-refractivity contribution in [2.24, 2.45) is 23.7 Å². The summed E-state index contributed by atoms with van der Waals surface area (Å²) in [5, 5.41) is 21.0. The molecule has 0 spiro atoms. The van der Waals surface area contributed by atoms with Gasteiger partial charge < -0.3 is 21.7 Å². The van der Waals surface area contributed by atoms with Crippen LogP contribution in [0.2, 0.25) is 0 Å². The Morgan fingerprint density at radius 3 is 2.05 bits per heavy atom. The number of rotatable bonds is 0. The fourth-order valence-corrected chi connectivity index (χ4v) is 3.45. The number of allylic oxidation sites excluding steroid dienone is 4. The summed E-state index contributed by atoms with van der Waals surface area (Å²) in [5.41, 5.74) is 0. The molecule has 0 heterocycles. The summed E-state index contributed by atoms with van der Waals surface area (Å²) < 4.78 is 0. The number of aliphatic hydroxyl groups excluding tert-OH is 3. The van der Waals surface area contributed by atoms with Gasteiger partial charge in [-0.1, -0.05) is 49.8 Å². The van der Waals surface area contributed by atoms with Crippen LogP contribution >= 0.6 is 0 Å². The van der Waals surface area contributed by atoms with Crippen LogP contribution in [-0.4, -0.2) is 36.6 Å². The Morgan fingerprint density at radius 1 is 0.850 bits per heavy atom. The van der Waals surface area contributed by atoms with Gasteiger partial charge in [-0.2, -0.15) is 5.92 Å². The van der Waals surface area contributed by atoms with Crippen molar-refractivity contribution in [3.8, 4) is 0 Å². The first-order chi connectivity index (χ1) is 9.45. The molecule has 0 bridgehead atoms. The molecule has 20 heavy (non-hydrogen) atoms. The predicted octanol–water partition coefficient (Wildman–Crippen LogP) is 2.19. The number of fused-ring (bicyclic) bond motifs is 3. The summed E-state index contributed by atoms with van der Waals surface area (Å²) in [6.07, 6.45) is 17.8. The molecule has 3 aliphatic rings. The van der Waals surface area contributed by atoms with Crippen molar-refractivity contribution in [3.63, 3.8) is 0 Å². The minimum atomic E-state index is 0. The molecule has 0 aromatic heterocycles. The van der Waals surface area contributed by atoms with Gasteiger partial charge >= 0.3 is 0 Å². The van der Waals surface area contributed by atoms with Crippen LogP contribution in [0.3, 0.4) is 0 Å². The topological polar surface area (TPSA) is 60.7 Å². The molecular weight excluding hydrogens is 331 g/mol. The Balaban J connectivity index is 0. The monoisotopic (exact) mass is 359 g/mol. The maximum Gasteiger partial charge on any atom is 0.0319 e. The average Bonchev–Trinajstić information content (AvgIpc) is 2.92. The van der Waals surface area contributed by atoms with Crippen LogP contribution in [-0.2, 0) is 26.2 Å². The first kappa shape index (κ1) is 22.5. The quantitative estimate of drug-likeness (QED) is 0.580. The SMILES string of the molecule is C1=CC2[CH-]C3CCCCC3C2C=C1.CO.CO.CO.[Zr]. The van der Waals surface area contributed by atoms with Crippen LogP contribution in [0.5, 0.6) is 0 Å². The molecule has 0 amide bonds. The molecule has 3 N–H and O–H groups in total. The molecule has 0 aromatic rings. The summed E-state index contributed by atoms with van der Waals surface area (Å²) in [7, 11) is 3.00. The predicted molar refractivity (Wildman–Crippen MR) is 79.4 cm³/mol. The minimum absolute atomic E-state index is 0. The van der Waals surface area contributed by atoms with Crippen molar-refractivity contribution >= 4 is 0 Å². The number of hydrogen-bond donors (Lipinski definition) is 3. The Labute approximate surface area is 142 Å². The van der Waals surface area contributed by atoms with E-state index in [0.29, 0.717) is 0 Å². The van der Waals surface area contributed by atoms with Crippen molar-refractivity contribution in [2.75, 3.05) is 21.3 Å². The van der Waals surface area contributed by atoms with E-state index < -0.39 is 0 Å². The van der Waals surface area contributed by atoms with Crippen molar-refractivity contribution in [2.45, 2.75) is 25.7 Å². The number of hydrogen-bond acceptors (Lipinski definition) is 3. The molecule has 3 nitrogen and oxygen atoms in total. The largest absolute Gasteiger partial charge is 0.400 e. The zero-order valence-corrected chi connectivity index (χ0v) is 15.3. The Morgan fingerprint density at radius 2 is 1.40 bits per heavy atom. The second-order valence-electron chi connectivity index (χ2n) is 4.73. The molecule has 2 saturated carbocycles. The first-order valence-corrected chi connectivity index (χ1v) is 6.99. The molecule has 3 aliphatic carbocycles. The van der Waals surface area contributed by atoms with E-state index in [9.17, 15) is 0 Å². The van der Waals surface area contributed by atoms with Gasteiger partial charge in [-0.15, -0.1) is 12.0 Å². The third-order valence-electron chi connectivity index (χ3n) is 4.06. The van der Waals surface area contributed by atoms with E-state index in [1.807, 2.05) is 0 Å². The van der Waals surface area contributed by atoms with Gasteiger partial charge in [0.2, 0.25) is 0 Å². The second-order valence-corrected chi connectivity index (χ2v) is 4.73. The smallest absolute Gasteiger partial charge is 0.0319 e. The standard InChI is InChI=1S/C13H17.3CH4O.Zr/c1-3-7-12-10(5-1)9-11-6-2-4-8-13(11)12;3*1-2;/h1,3,5,7,9-13H,2,4,6,8H2;3*2H,1H3;/q-1;;;;. The molecule has 0 saturated heterocycles. The molecule has 2 fully saturated rings. The van der Waals surface area contributed by atoms with E-state index in [0.717, 1.165) is 45.0 Å². The van der Waals surface area contributed by atoms with Crippen molar-refractivity contribution in [3.05, 3.63) is 30.7 Å². The Bertz CT molecular complexity index is 266. The second kappa shape index (κ2) is 14.2. The van der Waals surface area contributed by atoms with Gasteiger partial charge in [-0.25, -0.2) is 0 Å². The molecule has 3 rings (SSSR count). The summed E-state index contributed by atoms with van der Waals surface area (Å²) in [6.45, 7) is 0. The van der Waals surface area contributed by atoms with E-state index in [2.05, 4.69) is 30.7 Å². The average molecular weight is 361 g/mol. The van der Waals surface area contributed by atoms with Gasteiger partial charge in [0.15, 0.2) is 0 Å². The summed E-state index contributed by atoms with van der Waals surface area (Å²) in [5.74, 6) is 3.56. The van der Waals surface area contributed by atoms with E-state index in [1.165, 1.54) is 25.7 Å². The van der Waals surface area contributed by atoms with E-state index in [-0.39, 0.29) is 26.2 Å². The van der Waals surface area contributed by atoms with Crippen LogP contribution in [0, 0.1) is 30.1 Å². The van der Waals surface area contributed by atoms with E-state index in [1.54, 1.807) is 0 Å². The zero-order valence-electron chi connectivity index (χ0n) is 12.9. The minimum Gasteiger partial charge on any atom is -0.400 e. The summed E-state index contributed by atoms with van der Waals surface area (Å²) >= 11 is 0. The molecule has 4 heteroatoms. The maximum absolute atomic E-state index is 7.00. The van der Waals surface area contributed by atoms with Crippen molar-refractivity contribution in [1.82, 2.24) is 0 Å². The van der Waals surface area contributed by atoms with Crippen molar-refractivity contribution in [1.29, 1.82) is 0 Å². The molecular formula is C16H29O3Zr-. The number of aliphatic hydroxyl groups is 3. The third-order valence-corrected chi connectivity index (χ3v) is 4.06. The van der Waals surface area contributed by atoms with Crippen LogP contribution in [0.4, 0.5) is 0 Å². The molecule has 4 unspecified atom stereocenters. The fraction of sp³-hybridized carbons (Fsp3) is 0.688. The Kier molecular flexibility index (Phi) is 16.0. The normalized spacial score (nSPS) is 31.7. The van der Waals surface area contributed by atoms with Crippen LogP contribution in [0.1, 0.15) is 25.7 Å². The van der Waals surface area contributed by atoms with Gasteiger partial charge in [-0.05, 0) is 5.92 Å². The van der Waals surface area contributed by atoms with Gasteiger partial charge in [-0.3, -0.25) is 0 Å². The molecule has 0 radical (unpaired) electrons. The fourth-order valence-electron chi connectivity index (χ4n) is 3.45. The van der Waals surface area contributed by atoms with Gasteiger partial charge in [0.05, 0.1) is 0 Å². The van der Waals surface area contributed by atoms with Crippen LogP contribution < -0.4 is 0 Å². The summed E-state index contributed by atoms with van der Waals surface area (Å²) in [4.78, 5) is 0.